The Bertz CT molecular complexity index is 853. The lowest BCUT2D eigenvalue weighted by Gasteiger charge is -2.12. The Hall–Kier alpha value is -2.66. The standard InChI is InChI=1S/C20H17BrN2O2/c21-16-7-5-6-15(12-16)14-25-19-10-2-1-9-18(19)20(24)23-13-17-8-3-4-11-22-17/h1-12H,13-14H2,(H,23,24). The SMILES string of the molecule is O=C(NCc1ccccn1)c1ccccc1OCc1cccc(Br)c1. The van der Waals surface area contributed by atoms with E-state index in [-0.39, 0.29) is 5.91 Å². The van der Waals surface area contributed by atoms with Gasteiger partial charge in [-0.3, -0.25) is 9.78 Å². The zero-order valence-corrected chi connectivity index (χ0v) is 15.1. The second-order valence-electron chi connectivity index (χ2n) is 5.42. The molecule has 4 nitrogen and oxygen atoms in total. The van der Waals surface area contributed by atoms with E-state index in [1.54, 1.807) is 18.3 Å². The van der Waals surface area contributed by atoms with Gasteiger partial charge in [0.05, 0.1) is 17.8 Å². The van der Waals surface area contributed by atoms with E-state index in [2.05, 4.69) is 26.2 Å². The number of rotatable bonds is 6. The molecule has 0 fully saturated rings. The lowest BCUT2D eigenvalue weighted by Crippen LogP contribution is -2.23. The molecule has 126 valence electrons. The Labute approximate surface area is 155 Å². The minimum absolute atomic E-state index is 0.185. The van der Waals surface area contributed by atoms with Crippen LogP contribution in [0.3, 0.4) is 0 Å². The van der Waals surface area contributed by atoms with Crippen molar-refractivity contribution in [3.8, 4) is 5.75 Å². The number of nitrogens with zero attached hydrogens (tertiary/aromatic N) is 1. The third-order valence-electron chi connectivity index (χ3n) is 3.57. The molecular formula is C20H17BrN2O2. The predicted octanol–water partition coefficient (Wildman–Crippen LogP) is 4.35. The topological polar surface area (TPSA) is 51.2 Å². The maximum absolute atomic E-state index is 12.5. The van der Waals surface area contributed by atoms with Crippen LogP contribution in [0, 0.1) is 0 Å². The van der Waals surface area contributed by atoms with Crippen molar-refractivity contribution in [2.45, 2.75) is 13.2 Å². The Balaban J connectivity index is 1.66. The molecule has 0 saturated heterocycles. The summed E-state index contributed by atoms with van der Waals surface area (Å²) in [7, 11) is 0. The molecule has 0 unspecified atom stereocenters. The largest absolute Gasteiger partial charge is 0.488 e. The average Bonchev–Trinajstić information content (AvgIpc) is 2.65. The second kappa shape index (κ2) is 8.44. The fraction of sp³-hybridized carbons (Fsp3) is 0.100. The zero-order chi connectivity index (χ0) is 17.5. The van der Waals surface area contributed by atoms with Crippen LogP contribution in [-0.4, -0.2) is 10.9 Å². The molecule has 1 amide bonds. The van der Waals surface area contributed by atoms with Crippen LogP contribution in [0.5, 0.6) is 5.75 Å². The fourth-order valence-corrected chi connectivity index (χ4v) is 2.78. The number of ether oxygens (including phenoxy) is 1. The third-order valence-corrected chi connectivity index (χ3v) is 4.06. The van der Waals surface area contributed by atoms with E-state index in [0.29, 0.717) is 24.5 Å². The summed E-state index contributed by atoms with van der Waals surface area (Å²) in [6.45, 7) is 0.767. The van der Waals surface area contributed by atoms with Gasteiger partial charge < -0.3 is 10.1 Å². The summed E-state index contributed by atoms with van der Waals surface area (Å²) in [4.78, 5) is 16.7. The van der Waals surface area contributed by atoms with Crippen molar-refractivity contribution in [3.63, 3.8) is 0 Å². The van der Waals surface area contributed by atoms with Crippen molar-refractivity contribution in [1.29, 1.82) is 0 Å². The van der Waals surface area contributed by atoms with E-state index in [9.17, 15) is 4.79 Å². The molecule has 0 bridgehead atoms. The molecule has 0 aliphatic carbocycles. The fourth-order valence-electron chi connectivity index (χ4n) is 2.34. The number of aromatic nitrogens is 1. The Morgan fingerprint density at radius 2 is 1.88 bits per heavy atom. The number of para-hydroxylation sites is 1. The van der Waals surface area contributed by atoms with E-state index in [1.807, 2.05) is 54.6 Å². The van der Waals surface area contributed by atoms with Crippen LogP contribution in [0.25, 0.3) is 0 Å². The van der Waals surface area contributed by atoms with Gasteiger partial charge in [-0.1, -0.05) is 46.3 Å². The molecule has 1 aromatic heterocycles. The Morgan fingerprint density at radius 3 is 2.68 bits per heavy atom. The minimum atomic E-state index is -0.185. The molecule has 0 aliphatic heterocycles. The number of pyridine rings is 1. The molecule has 5 heteroatoms. The van der Waals surface area contributed by atoms with Crippen molar-refractivity contribution in [2.75, 3.05) is 0 Å². The summed E-state index contributed by atoms with van der Waals surface area (Å²) >= 11 is 3.44. The van der Waals surface area contributed by atoms with Crippen LogP contribution < -0.4 is 10.1 Å². The Kier molecular flexibility index (Phi) is 5.80. The summed E-state index contributed by atoms with van der Waals surface area (Å²) in [6.07, 6.45) is 1.70. The first-order valence-electron chi connectivity index (χ1n) is 7.87. The minimum Gasteiger partial charge on any atom is -0.488 e. The molecule has 0 saturated carbocycles. The molecule has 0 spiro atoms. The number of hydrogen-bond donors (Lipinski definition) is 1. The maximum atomic E-state index is 12.5. The van der Waals surface area contributed by atoms with Crippen LogP contribution in [0.2, 0.25) is 0 Å². The van der Waals surface area contributed by atoms with Crippen LogP contribution in [-0.2, 0) is 13.2 Å². The molecule has 2 aromatic carbocycles. The summed E-state index contributed by atoms with van der Waals surface area (Å²) in [5.74, 6) is 0.372. The van der Waals surface area contributed by atoms with E-state index in [4.69, 9.17) is 4.74 Å². The quantitative estimate of drug-likeness (QED) is 0.673. The molecular weight excluding hydrogens is 380 g/mol. The van der Waals surface area contributed by atoms with Crippen LogP contribution in [0.4, 0.5) is 0 Å². The number of nitrogens with one attached hydrogen (secondary N) is 1. The highest BCUT2D eigenvalue weighted by Crippen LogP contribution is 2.20. The van der Waals surface area contributed by atoms with E-state index >= 15 is 0 Å². The average molecular weight is 397 g/mol. The number of halogens is 1. The molecule has 0 radical (unpaired) electrons. The van der Waals surface area contributed by atoms with Crippen molar-refractivity contribution < 1.29 is 9.53 Å². The maximum Gasteiger partial charge on any atom is 0.255 e. The molecule has 0 aliphatic rings. The van der Waals surface area contributed by atoms with E-state index < -0.39 is 0 Å². The number of hydrogen-bond acceptors (Lipinski definition) is 3. The van der Waals surface area contributed by atoms with E-state index in [0.717, 1.165) is 15.7 Å². The Morgan fingerprint density at radius 1 is 1.04 bits per heavy atom. The van der Waals surface area contributed by atoms with Gasteiger partial charge in [-0.05, 0) is 42.0 Å². The van der Waals surface area contributed by atoms with Gasteiger partial charge in [-0.2, -0.15) is 0 Å². The van der Waals surface area contributed by atoms with Gasteiger partial charge in [-0.25, -0.2) is 0 Å². The predicted molar refractivity (Wildman–Crippen MR) is 100 cm³/mol. The van der Waals surface area contributed by atoms with Gasteiger partial charge in [0.15, 0.2) is 0 Å². The van der Waals surface area contributed by atoms with Crippen molar-refractivity contribution in [2.24, 2.45) is 0 Å². The molecule has 3 aromatic rings. The highest BCUT2D eigenvalue weighted by Gasteiger charge is 2.12. The number of amides is 1. The summed E-state index contributed by atoms with van der Waals surface area (Å²) in [5, 5.41) is 2.87. The zero-order valence-electron chi connectivity index (χ0n) is 13.5. The third kappa shape index (κ3) is 4.90. The number of carbonyl (C=O) groups excluding carboxylic acids is 1. The molecule has 1 N–H and O–H groups in total. The van der Waals surface area contributed by atoms with Gasteiger partial charge in [0.25, 0.3) is 5.91 Å². The number of benzene rings is 2. The first-order valence-corrected chi connectivity index (χ1v) is 8.66. The summed E-state index contributed by atoms with van der Waals surface area (Å²) in [6, 6.07) is 20.7. The van der Waals surface area contributed by atoms with Gasteiger partial charge in [0.1, 0.15) is 12.4 Å². The first-order chi connectivity index (χ1) is 12.2. The van der Waals surface area contributed by atoms with Gasteiger partial charge in [-0.15, -0.1) is 0 Å². The second-order valence-corrected chi connectivity index (χ2v) is 6.33. The number of carbonyl (C=O) groups is 1. The lowest BCUT2D eigenvalue weighted by atomic mass is 10.2. The summed E-state index contributed by atoms with van der Waals surface area (Å²) in [5.41, 5.74) is 2.34. The van der Waals surface area contributed by atoms with Crippen LogP contribution in [0.1, 0.15) is 21.6 Å². The smallest absolute Gasteiger partial charge is 0.255 e. The van der Waals surface area contributed by atoms with Gasteiger partial charge >= 0.3 is 0 Å². The van der Waals surface area contributed by atoms with Gasteiger partial charge in [0, 0.05) is 10.7 Å². The van der Waals surface area contributed by atoms with Crippen molar-refractivity contribution in [3.05, 3.63) is 94.2 Å². The normalized spacial score (nSPS) is 10.3. The van der Waals surface area contributed by atoms with Crippen LogP contribution in [0.15, 0.2) is 77.4 Å². The summed E-state index contributed by atoms with van der Waals surface area (Å²) < 4.78 is 6.85. The molecule has 1 heterocycles. The van der Waals surface area contributed by atoms with Crippen molar-refractivity contribution >= 4 is 21.8 Å². The molecule has 0 atom stereocenters. The van der Waals surface area contributed by atoms with Gasteiger partial charge in [0.2, 0.25) is 0 Å². The first kappa shape index (κ1) is 17.2. The highest BCUT2D eigenvalue weighted by atomic mass is 79.9. The lowest BCUT2D eigenvalue weighted by molar-refractivity contribution is 0.0946. The van der Waals surface area contributed by atoms with E-state index in [1.165, 1.54) is 0 Å². The highest BCUT2D eigenvalue weighted by molar-refractivity contribution is 9.10. The molecule has 25 heavy (non-hydrogen) atoms. The molecule has 3 rings (SSSR count). The van der Waals surface area contributed by atoms with Crippen LogP contribution >= 0.6 is 15.9 Å². The monoisotopic (exact) mass is 396 g/mol. The van der Waals surface area contributed by atoms with Crippen molar-refractivity contribution in [1.82, 2.24) is 10.3 Å².